The van der Waals surface area contributed by atoms with Crippen LogP contribution in [0.1, 0.15) is 41.6 Å². The molecule has 138 valence electrons. The van der Waals surface area contributed by atoms with Gasteiger partial charge in [0.15, 0.2) is 0 Å². The van der Waals surface area contributed by atoms with E-state index in [1.54, 1.807) is 0 Å². The van der Waals surface area contributed by atoms with E-state index in [9.17, 15) is 13.2 Å². The highest BCUT2D eigenvalue weighted by molar-refractivity contribution is 7.88. The average Bonchev–Trinajstić information content (AvgIpc) is 2.54. The molecule has 1 aromatic carbocycles. The van der Waals surface area contributed by atoms with Crippen LogP contribution in [0.4, 0.5) is 0 Å². The summed E-state index contributed by atoms with van der Waals surface area (Å²) in [5.74, 6) is 0.0644. The summed E-state index contributed by atoms with van der Waals surface area (Å²) in [4.78, 5) is 14.6. The zero-order chi connectivity index (χ0) is 18.1. The van der Waals surface area contributed by atoms with E-state index in [4.69, 9.17) is 4.74 Å². The zero-order valence-electron chi connectivity index (χ0n) is 14.8. The van der Waals surface area contributed by atoms with Gasteiger partial charge < -0.3 is 9.64 Å². The maximum Gasteiger partial charge on any atom is 0.254 e. The van der Waals surface area contributed by atoms with Gasteiger partial charge in [0.05, 0.1) is 11.9 Å². The summed E-state index contributed by atoms with van der Waals surface area (Å²) in [5.41, 5.74) is 1.42. The SMILES string of the molecule is Cc1ccccc1C(=O)N1CCC2(CC1)C[C@H](NS(C)(=O)=O)CCO2. The molecule has 7 heteroatoms. The Labute approximate surface area is 149 Å². The van der Waals surface area contributed by atoms with Crippen molar-refractivity contribution in [1.29, 1.82) is 0 Å². The number of carbonyl (C=O) groups excluding carboxylic acids is 1. The summed E-state index contributed by atoms with van der Waals surface area (Å²) < 4.78 is 31.7. The number of likely N-dealkylation sites (tertiary alicyclic amines) is 1. The molecule has 2 fully saturated rings. The van der Waals surface area contributed by atoms with Crippen molar-refractivity contribution >= 4 is 15.9 Å². The second kappa shape index (κ2) is 7.05. The third kappa shape index (κ3) is 4.40. The lowest BCUT2D eigenvalue weighted by Crippen LogP contribution is -2.54. The third-order valence-corrected chi connectivity index (χ3v) is 5.97. The molecule has 6 nitrogen and oxygen atoms in total. The minimum Gasteiger partial charge on any atom is -0.375 e. The first-order valence-corrected chi connectivity index (χ1v) is 10.6. The maximum absolute atomic E-state index is 12.7. The maximum atomic E-state index is 12.7. The Balaban J connectivity index is 1.63. The highest BCUT2D eigenvalue weighted by Crippen LogP contribution is 2.35. The summed E-state index contributed by atoms with van der Waals surface area (Å²) in [5, 5.41) is 0. The van der Waals surface area contributed by atoms with Crippen LogP contribution in [0.3, 0.4) is 0 Å². The first kappa shape index (κ1) is 18.4. The van der Waals surface area contributed by atoms with Crippen molar-refractivity contribution in [2.75, 3.05) is 26.0 Å². The van der Waals surface area contributed by atoms with Crippen molar-refractivity contribution in [1.82, 2.24) is 9.62 Å². The van der Waals surface area contributed by atoms with Crippen molar-refractivity contribution in [3.05, 3.63) is 35.4 Å². The fourth-order valence-corrected chi connectivity index (χ4v) is 4.69. The molecule has 0 aromatic heterocycles. The van der Waals surface area contributed by atoms with Gasteiger partial charge in [-0.3, -0.25) is 4.79 Å². The Morgan fingerprint density at radius 2 is 1.96 bits per heavy atom. The van der Waals surface area contributed by atoms with E-state index in [0.29, 0.717) is 32.5 Å². The first-order valence-electron chi connectivity index (χ1n) is 8.74. The van der Waals surface area contributed by atoms with Crippen molar-refractivity contribution < 1.29 is 17.9 Å². The Morgan fingerprint density at radius 3 is 2.60 bits per heavy atom. The quantitative estimate of drug-likeness (QED) is 0.883. The second-order valence-corrected chi connectivity index (χ2v) is 9.00. The van der Waals surface area contributed by atoms with Gasteiger partial charge in [0.2, 0.25) is 10.0 Å². The average molecular weight is 366 g/mol. The molecule has 3 rings (SSSR count). The van der Waals surface area contributed by atoms with Crippen LogP contribution < -0.4 is 4.72 Å². The summed E-state index contributed by atoms with van der Waals surface area (Å²) >= 11 is 0. The highest BCUT2D eigenvalue weighted by Gasteiger charge is 2.41. The topological polar surface area (TPSA) is 75.7 Å². The lowest BCUT2D eigenvalue weighted by atomic mass is 9.82. The molecule has 1 spiro atoms. The lowest BCUT2D eigenvalue weighted by Gasteiger charge is -2.46. The van der Waals surface area contributed by atoms with Gasteiger partial charge >= 0.3 is 0 Å². The summed E-state index contributed by atoms with van der Waals surface area (Å²) in [6, 6.07) is 7.55. The Morgan fingerprint density at radius 1 is 1.28 bits per heavy atom. The summed E-state index contributed by atoms with van der Waals surface area (Å²) in [6.45, 7) is 3.78. The molecule has 1 atom stereocenters. The summed E-state index contributed by atoms with van der Waals surface area (Å²) in [6.07, 6.45) is 4.05. The molecule has 1 aromatic rings. The van der Waals surface area contributed by atoms with Crippen LogP contribution in [0.2, 0.25) is 0 Å². The number of piperidine rings is 1. The fourth-order valence-electron chi connectivity index (χ4n) is 3.88. The van der Waals surface area contributed by atoms with E-state index in [1.807, 2.05) is 36.1 Å². The molecule has 0 unspecified atom stereocenters. The van der Waals surface area contributed by atoms with Gasteiger partial charge in [0.25, 0.3) is 5.91 Å². The molecule has 2 saturated heterocycles. The normalized spacial score (nSPS) is 23.6. The van der Waals surface area contributed by atoms with Gasteiger partial charge in [-0.25, -0.2) is 13.1 Å². The van der Waals surface area contributed by atoms with E-state index in [2.05, 4.69) is 4.72 Å². The number of ether oxygens (including phenoxy) is 1. The van der Waals surface area contributed by atoms with Crippen LogP contribution in [0, 0.1) is 6.92 Å². The van der Waals surface area contributed by atoms with E-state index in [1.165, 1.54) is 6.26 Å². The van der Waals surface area contributed by atoms with Crippen molar-refractivity contribution in [3.63, 3.8) is 0 Å². The largest absolute Gasteiger partial charge is 0.375 e. The predicted octanol–water partition coefficient (Wildman–Crippen LogP) is 1.70. The Hall–Kier alpha value is -1.44. The van der Waals surface area contributed by atoms with Gasteiger partial charge in [-0.05, 0) is 44.2 Å². The number of aryl methyl sites for hydroxylation is 1. The third-order valence-electron chi connectivity index (χ3n) is 5.21. The van der Waals surface area contributed by atoms with Gasteiger partial charge in [-0.15, -0.1) is 0 Å². The molecule has 0 radical (unpaired) electrons. The number of amides is 1. The van der Waals surface area contributed by atoms with Crippen molar-refractivity contribution in [3.8, 4) is 0 Å². The van der Waals surface area contributed by atoms with Crippen molar-refractivity contribution in [2.24, 2.45) is 0 Å². The molecule has 0 saturated carbocycles. The van der Waals surface area contributed by atoms with Crippen LogP contribution in [0.25, 0.3) is 0 Å². The van der Waals surface area contributed by atoms with E-state index in [-0.39, 0.29) is 17.6 Å². The van der Waals surface area contributed by atoms with Crippen LogP contribution >= 0.6 is 0 Å². The second-order valence-electron chi connectivity index (χ2n) is 7.22. The highest BCUT2D eigenvalue weighted by atomic mass is 32.2. The standard InChI is InChI=1S/C18H26N2O4S/c1-14-5-3-4-6-16(14)17(21)20-10-8-18(9-11-20)13-15(7-12-24-18)19-25(2,22)23/h3-6,15,19H,7-13H2,1-2H3/t15-/m1/s1. The molecule has 2 aliphatic heterocycles. The van der Waals surface area contributed by atoms with Gasteiger partial charge in [-0.1, -0.05) is 18.2 Å². The van der Waals surface area contributed by atoms with Gasteiger partial charge in [0, 0.05) is 31.3 Å². The summed E-state index contributed by atoms with van der Waals surface area (Å²) in [7, 11) is -3.21. The van der Waals surface area contributed by atoms with Gasteiger partial charge in [-0.2, -0.15) is 0 Å². The number of nitrogens with zero attached hydrogens (tertiary/aromatic N) is 1. The minimum absolute atomic E-state index is 0.0644. The minimum atomic E-state index is -3.21. The molecule has 1 amide bonds. The molecular formula is C18H26N2O4S. The molecule has 0 aliphatic carbocycles. The molecule has 2 aliphatic rings. The lowest BCUT2D eigenvalue weighted by molar-refractivity contribution is -0.113. The Kier molecular flexibility index (Phi) is 5.18. The molecule has 1 N–H and O–H groups in total. The van der Waals surface area contributed by atoms with E-state index in [0.717, 1.165) is 24.0 Å². The monoisotopic (exact) mass is 366 g/mol. The zero-order valence-corrected chi connectivity index (χ0v) is 15.6. The number of hydrogen-bond donors (Lipinski definition) is 1. The number of hydrogen-bond acceptors (Lipinski definition) is 4. The molecule has 25 heavy (non-hydrogen) atoms. The molecule has 0 bridgehead atoms. The number of rotatable bonds is 3. The fraction of sp³-hybridized carbons (Fsp3) is 0.611. The molecular weight excluding hydrogens is 340 g/mol. The van der Waals surface area contributed by atoms with Crippen LogP contribution in [0.15, 0.2) is 24.3 Å². The van der Waals surface area contributed by atoms with Crippen molar-refractivity contribution in [2.45, 2.75) is 44.2 Å². The number of carbonyl (C=O) groups is 1. The Bertz CT molecular complexity index is 739. The molecule has 2 heterocycles. The first-order chi connectivity index (χ1) is 11.8. The predicted molar refractivity (Wildman–Crippen MR) is 96.0 cm³/mol. The van der Waals surface area contributed by atoms with Crippen LogP contribution in [0.5, 0.6) is 0 Å². The number of nitrogens with one attached hydrogen (secondary N) is 1. The van der Waals surface area contributed by atoms with E-state index >= 15 is 0 Å². The number of sulfonamides is 1. The van der Waals surface area contributed by atoms with E-state index < -0.39 is 10.0 Å². The van der Waals surface area contributed by atoms with Crippen LogP contribution in [-0.4, -0.2) is 56.8 Å². The smallest absolute Gasteiger partial charge is 0.254 e. The van der Waals surface area contributed by atoms with Gasteiger partial charge in [0.1, 0.15) is 0 Å². The van der Waals surface area contributed by atoms with Crippen LogP contribution in [-0.2, 0) is 14.8 Å². The number of benzene rings is 1.